The van der Waals surface area contributed by atoms with Crippen LogP contribution in [0.15, 0.2) is 6.58 Å². The van der Waals surface area contributed by atoms with Crippen LogP contribution in [0.3, 0.4) is 0 Å². The van der Waals surface area contributed by atoms with E-state index in [1.54, 1.807) is 0 Å². The molecular formula is C2H4BrLi. The van der Waals surface area contributed by atoms with Crippen molar-refractivity contribution in [1.29, 1.82) is 0 Å². The Bertz CT molecular complexity index is 6.00. The fraction of sp³-hybridized carbons (Fsp3) is 0. The van der Waals surface area contributed by atoms with Crippen LogP contribution in [-0.4, -0.2) is 0 Å². The van der Waals surface area contributed by atoms with Crippen LogP contribution in [0, 0.1) is 6.58 Å². The third kappa shape index (κ3) is 13.9. The third-order valence-electron chi connectivity index (χ3n) is 0. The van der Waals surface area contributed by atoms with Crippen LogP contribution in [0.25, 0.3) is 0 Å². The van der Waals surface area contributed by atoms with Crippen molar-refractivity contribution in [2.24, 2.45) is 0 Å². The minimum absolute atomic E-state index is 0. The van der Waals surface area contributed by atoms with Gasteiger partial charge in [-0.15, -0.1) is 17.0 Å². The van der Waals surface area contributed by atoms with E-state index in [1.807, 2.05) is 0 Å². The molecule has 0 aliphatic heterocycles. The maximum absolute atomic E-state index is 4.25. The largest absolute Gasteiger partial charge is 1.00 e. The number of hydrogen-bond acceptors (Lipinski definition) is 0. The summed E-state index contributed by atoms with van der Waals surface area (Å²) in [6.45, 7) is 7.00. The molecule has 0 aromatic carbocycles. The quantitative estimate of drug-likeness (QED) is 0.258. The topological polar surface area (TPSA) is 0 Å². The maximum Gasteiger partial charge on any atom is 1.00 e. The van der Waals surface area contributed by atoms with E-state index in [-0.39, 0.29) is 35.8 Å². The average molecular weight is 115 g/mol. The molecule has 0 atom stereocenters. The Labute approximate surface area is 49.2 Å². The summed E-state index contributed by atoms with van der Waals surface area (Å²) in [5.74, 6) is 0. The van der Waals surface area contributed by atoms with Crippen LogP contribution in [0.4, 0.5) is 0 Å². The van der Waals surface area contributed by atoms with Gasteiger partial charge in [-0.1, -0.05) is 0 Å². The summed E-state index contributed by atoms with van der Waals surface area (Å²) < 4.78 is 0. The Kier molecular flexibility index (Phi) is 241. The summed E-state index contributed by atoms with van der Waals surface area (Å²) in [4.78, 5) is 0. The molecule has 4 heavy (non-hydrogen) atoms. The van der Waals surface area contributed by atoms with Crippen molar-refractivity contribution in [3.8, 4) is 0 Å². The van der Waals surface area contributed by atoms with E-state index in [0.29, 0.717) is 0 Å². The van der Waals surface area contributed by atoms with E-state index in [4.69, 9.17) is 0 Å². The van der Waals surface area contributed by atoms with Gasteiger partial charge >= 0.3 is 18.9 Å². The molecule has 0 nitrogen and oxygen atoms in total. The minimum Gasteiger partial charge on any atom is -0.521 e. The van der Waals surface area contributed by atoms with E-state index in [1.165, 1.54) is 0 Å². The van der Waals surface area contributed by atoms with Gasteiger partial charge in [0, 0.05) is 0 Å². The fourth-order valence-corrected chi connectivity index (χ4v) is 0. The Morgan fingerprint density at radius 1 is 1.25 bits per heavy atom. The maximum atomic E-state index is 4.25. The molecule has 0 radical (unpaired) electrons. The molecule has 0 saturated carbocycles. The molecule has 0 heterocycles. The Balaban J connectivity index is -0.00000000500. The zero-order valence-corrected chi connectivity index (χ0v) is 4.41. The van der Waals surface area contributed by atoms with Crippen LogP contribution in [-0.2, 0) is 0 Å². The molecule has 0 rings (SSSR count). The van der Waals surface area contributed by atoms with Gasteiger partial charge < -0.3 is 6.58 Å². The van der Waals surface area contributed by atoms with E-state index in [0.717, 1.165) is 0 Å². The zero-order valence-electron chi connectivity index (χ0n) is 2.69. The predicted octanol–water partition coefficient (Wildman–Crippen LogP) is -1.81. The number of hydrogen-bond donors (Lipinski definition) is 0. The van der Waals surface area contributed by atoms with Gasteiger partial charge in [-0.25, -0.2) is 0 Å². The van der Waals surface area contributed by atoms with Crippen molar-refractivity contribution < 1.29 is 18.9 Å². The summed E-state index contributed by atoms with van der Waals surface area (Å²) in [5, 5.41) is 0. The van der Waals surface area contributed by atoms with Crippen LogP contribution in [0.1, 0.15) is 0 Å². The second-order valence-electron chi connectivity index (χ2n) is 0. The van der Waals surface area contributed by atoms with Gasteiger partial charge in [0.15, 0.2) is 0 Å². The molecule has 0 aliphatic carbocycles. The van der Waals surface area contributed by atoms with Crippen molar-refractivity contribution in [2.75, 3.05) is 0 Å². The predicted molar refractivity (Wildman–Crippen MR) is 20.2 cm³/mol. The second-order valence-corrected chi connectivity index (χ2v) is 0. The molecule has 20 valence electrons. The summed E-state index contributed by atoms with van der Waals surface area (Å²) >= 11 is 0. The molecule has 0 amide bonds. The van der Waals surface area contributed by atoms with Gasteiger partial charge in [0.25, 0.3) is 0 Å². The summed E-state index contributed by atoms with van der Waals surface area (Å²) in [6.07, 6.45) is 0. The second kappa shape index (κ2) is 45.4. The molecule has 0 saturated heterocycles. The van der Waals surface area contributed by atoms with E-state index >= 15 is 0 Å². The molecule has 0 fully saturated rings. The van der Waals surface area contributed by atoms with Crippen LogP contribution in [0.2, 0.25) is 0 Å². The molecule has 0 unspecified atom stereocenters. The summed E-state index contributed by atoms with van der Waals surface area (Å²) in [7, 11) is 0. The minimum atomic E-state index is 0. The monoisotopic (exact) mass is 114 g/mol. The van der Waals surface area contributed by atoms with E-state index < -0.39 is 0 Å². The molecule has 0 aromatic rings. The van der Waals surface area contributed by atoms with Gasteiger partial charge in [-0.2, -0.15) is 0 Å². The molecule has 2 heteroatoms. The van der Waals surface area contributed by atoms with Crippen molar-refractivity contribution in [3.05, 3.63) is 13.2 Å². The molecular weight excluding hydrogens is 111 g/mol. The Hall–Kier alpha value is 0.817. The molecule has 0 aliphatic rings. The van der Waals surface area contributed by atoms with Crippen molar-refractivity contribution in [1.82, 2.24) is 0 Å². The van der Waals surface area contributed by atoms with Crippen LogP contribution >= 0.6 is 17.0 Å². The van der Waals surface area contributed by atoms with Crippen molar-refractivity contribution >= 4 is 17.0 Å². The first-order chi connectivity index (χ1) is 1.00. The first-order valence-electron chi connectivity index (χ1n) is 0.408. The molecule has 0 bridgehead atoms. The van der Waals surface area contributed by atoms with Crippen molar-refractivity contribution in [2.45, 2.75) is 0 Å². The SMILES string of the molecule is Br.[CH-]=C.[Li+]. The van der Waals surface area contributed by atoms with Gasteiger partial charge in [0.2, 0.25) is 0 Å². The Morgan fingerprint density at radius 2 is 1.25 bits per heavy atom. The van der Waals surface area contributed by atoms with Gasteiger partial charge in [-0.05, 0) is 0 Å². The fourth-order valence-electron chi connectivity index (χ4n) is 0. The van der Waals surface area contributed by atoms with Crippen LogP contribution < -0.4 is 18.9 Å². The zero-order chi connectivity index (χ0) is 2.00. The molecule has 0 aromatic heterocycles. The number of rotatable bonds is 0. The van der Waals surface area contributed by atoms with Gasteiger partial charge in [-0.3, -0.25) is 6.58 Å². The van der Waals surface area contributed by atoms with E-state index in [9.17, 15) is 0 Å². The van der Waals surface area contributed by atoms with Gasteiger partial charge in [0.05, 0.1) is 0 Å². The normalized spacial score (nSPS) is 1.00. The molecule has 0 spiro atoms. The summed E-state index contributed by atoms with van der Waals surface area (Å²) in [6, 6.07) is 0. The molecule has 0 N–H and O–H groups in total. The van der Waals surface area contributed by atoms with E-state index in [2.05, 4.69) is 13.2 Å². The van der Waals surface area contributed by atoms with Crippen LogP contribution in [0.5, 0.6) is 0 Å². The first-order valence-corrected chi connectivity index (χ1v) is 0.408. The van der Waals surface area contributed by atoms with Gasteiger partial charge in [0.1, 0.15) is 0 Å². The average Bonchev–Trinajstić information content (AvgIpc) is 1.00. The Morgan fingerprint density at radius 3 is 1.25 bits per heavy atom. The summed E-state index contributed by atoms with van der Waals surface area (Å²) in [5.41, 5.74) is 0. The standard InChI is InChI=1S/C2H3.BrH.Li/c1-2;;/h1H,2H2;1H;/q-1;;+1. The first kappa shape index (κ1) is 21.3. The smallest absolute Gasteiger partial charge is 0.521 e. The third-order valence-corrected chi connectivity index (χ3v) is 0. The number of halogens is 1. The van der Waals surface area contributed by atoms with Crippen molar-refractivity contribution in [3.63, 3.8) is 0 Å².